The number of thiophene rings is 1. The number of rotatable bonds is 4. The van der Waals surface area contributed by atoms with Crippen molar-refractivity contribution in [1.82, 2.24) is 4.90 Å². The van der Waals surface area contributed by atoms with Gasteiger partial charge in [0.25, 0.3) is 0 Å². The molecule has 0 spiro atoms. The van der Waals surface area contributed by atoms with Crippen LogP contribution < -0.4 is 4.74 Å². The maximum Gasteiger partial charge on any atom is 0.227 e. The maximum atomic E-state index is 12.7. The van der Waals surface area contributed by atoms with Crippen LogP contribution in [0.4, 0.5) is 0 Å². The van der Waals surface area contributed by atoms with Gasteiger partial charge in [-0.25, -0.2) is 0 Å². The minimum Gasteiger partial charge on any atom is -0.496 e. The Balaban J connectivity index is 1.75. The van der Waals surface area contributed by atoms with E-state index < -0.39 is 0 Å². The maximum absolute atomic E-state index is 12.7. The number of hydrogen-bond acceptors (Lipinski definition) is 3. The molecule has 3 nitrogen and oxygen atoms in total. The lowest BCUT2D eigenvalue weighted by Crippen LogP contribution is -2.31. The van der Waals surface area contributed by atoms with E-state index in [1.165, 1.54) is 4.88 Å². The normalized spacial score (nSPS) is 18.0. The summed E-state index contributed by atoms with van der Waals surface area (Å²) in [6.45, 7) is 0.858. The fourth-order valence-electron chi connectivity index (χ4n) is 2.96. The number of likely N-dealkylation sites (tertiary alicyclic amines) is 1. The second-order valence-electron chi connectivity index (χ2n) is 5.25. The standard InChI is InChI=1S/C17H19NO2S/c1-20-15-8-3-2-6-13(15)12-17(19)18-10-4-7-14(18)16-9-5-11-21-16/h2-3,5-6,8-9,11,14H,4,7,10,12H2,1H3. The monoisotopic (exact) mass is 301 g/mol. The fourth-order valence-corrected chi connectivity index (χ4v) is 3.83. The Hall–Kier alpha value is -1.81. The number of para-hydroxylation sites is 1. The number of ether oxygens (including phenoxy) is 1. The molecule has 1 saturated heterocycles. The average Bonchev–Trinajstić information content (AvgIpc) is 3.18. The highest BCUT2D eigenvalue weighted by Crippen LogP contribution is 2.35. The molecule has 1 aliphatic heterocycles. The van der Waals surface area contributed by atoms with Gasteiger partial charge in [-0.15, -0.1) is 11.3 Å². The van der Waals surface area contributed by atoms with Gasteiger partial charge in [-0.05, 0) is 30.4 Å². The second kappa shape index (κ2) is 6.31. The molecule has 1 aromatic carbocycles. The number of carbonyl (C=O) groups is 1. The molecule has 3 rings (SSSR count). The quantitative estimate of drug-likeness (QED) is 0.862. The summed E-state index contributed by atoms with van der Waals surface area (Å²) in [6, 6.07) is 12.2. The van der Waals surface area contributed by atoms with E-state index >= 15 is 0 Å². The Morgan fingerprint density at radius 2 is 2.19 bits per heavy atom. The van der Waals surface area contributed by atoms with Gasteiger partial charge in [0, 0.05) is 17.0 Å². The molecule has 1 amide bonds. The summed E-state index contributed by atoms with van der Waals surface area (Å²) in [7, 11) is 1.65. The summed E-state index contributed by atoms with van der Waals surface area (Å²) in [5.41, 5.74) is 0.960. The predicted octanol–water partition coefficient (Wildman–Crippen LogP) is 3.66. The number of nitrogens with zero attached hydrogens (tertiary/aromatic N) is 1. The van der Waals surface area contributed by atoms with Gasteiger partial charge in [0.2, 0.25) is 5.91 Å². The van der Waals surface area contributed by atoms with Crippen molar-refractivity contribution in [3.05, 3.63) is 52.2 Å². The first-order valence-corrected chi connectivity index (χ1v) is 8.12. The van der Waals surface area contributed by atoms with E-state index in [-0.39, 0.29) is 11.9 Å². The molecule has 1 fully saturated rings. The third-order valence-corrected chi connectivity index (χ3v) is 4.95. The van der Waals surface area contributed by atoms with Crippen LogP contribution in [-0.4, -0.2) is 24.5 Å². The lowest BCUT2D eigenvalue weighted by atomic mass is 10.1. The Morgan fingerprint density at radius 1 is 1.33 bits per heavy atom. The van der Waals surface area contributed by atoms with Crippen LogP contribution in [0.15, 0.2) is 41.8 Å². The van der Waals surface area contributed by atoms with Gasteiger partial charge in [0.1, 0.15) is 5.75 Å². The zero-order valence-corrected chi connectivity index (χ0v) is 12.9. The molecule has 0 aliphatic carbocycles. The zero-order chi connectivity index (χ0) is 14.7. The van der Waals surface area contributed by atoms with Crippen molar-refractivity contribution in [2.24, 2.45) is 0 Å². The topological polar surface area (TPSA) is 29.5 Å². The summed E-state index contributed by atoms with van der Waals surface area (Å²) >= 11 is 1.74. The smallest absolute Gasteiger partial charge is 0.227 e. The molecule has 2 aromatic rings. The fraction of sp³-hybridized carbons (Fsp3) is 0.353. The van der Waals surface area contributed by atoms with Gasteiger partial charge < -0.3 is 9.64 Å². The molecule has 0 saturated carbocycles. The van der Waals surface area contributed by atoms with E-state index in [9.17, 15) is 4.79 Å². The van der Waals surface area contributed by atoms with Crippen molar-refractivity contribution in [2.75, 3.05) is 13.7 Å². The molecular formula is C17H19NO2S. The van der Waals surface area contributed by atoms with E-state index in [1.54, 1.807) is 18.4 Å². The second-order valence-corrected chi connectivity index (χ2v) is 6.23. The molecule has 1 aliphatic rings. The number of amides is 1. The third-order valence-electron chi connectivity index (χ3n) is 3.98. The van der Waals surface area contributed by atoms with Crippen molar-refractivity contribution < 1.29 is 9.53 Å². The molecule has 1 unspecified atom stereocenters. The highest BCUT2D eigenvalue weighted by atomic mass is 32.1. The number of hydrogen-bond donors (Lipinski definition) is 0. The summed E-state index contributed by atoms with van der Waals surface area (Å²) in [6.07, 6.45) is 2.56. The minimum absolute atomic E-state index is 0.190. The first-order chi connectivity index (χ1) is 10.3. The van der Waals surface area contributed by atoms with E-state index in [1.807, 2.05) is 29.2 Å². The highest BCUT2D eigenvalue weighted by molar-refractivity contribution is 7.10. The van der Waals surface area contributed by atoms with Gasteiger partial charge in [0.05, 0.1) is 19.6 Å². The van der Waals surface area contributed by atoms with Crippen LogP contribution in [0.2, 0.25) is 0 Å². The number of carbonyl (C=O) groups excluding carboxylic acids is 1. The van der Waals surface area contributed by atoms with Gasteiger partial charge in [-0.2, -0.15) is 0 Å². The van der Waals surface area contributed by atoms with Crippen LogP contribution in [0.3, 0.4) is 0 Å². The molecule has 1 aromatic heterocycles. The summed E-state index contributed by atoms with van der Waals surface area (Å²) in [5.74, 6) is 0.980. The minimum atomic E-state index is 0.190. The summed E-state index contributed by atoms with van der Waals surface area (Å²) < 4.78 is 5.34. The first-order valence-electron chi connectivity index (χ1n) is 7.24. The van der Waals surface area contributed by atoms with Gasteiger partial charge in [0.15, 0.2) is 0 Å². The van der Waals surface area contributed by atoms with Crippen molar-refractivity contribution in [3.63, 3.8) is 0 Å². The van der Waals surface area contributed by atoms with Gasteiger partial charge in [-0.3, -0.25) is 4.79 Å². The molecule has 4 heteroatoms. The lowest BCUT2D eigenvalue weighted by Gasteiger charge is -2.24. The predicted molar refractivity (Wildman–Crippen MR) is 84.7 cm³/mol. The van der Waals surface area contributed by atoms with Gasteiger partial charge >= 0.3 is 0 Å². The Morgan fingerprint density at radius 3 is 2.95 bits per heavy atom. The largest absolute Gasteiger partial charge is 0.496 e. The van der Waals surface area contributed by atoms with Crippen LogP contribution in [0.5, 0.6) is 5.75 Å². The summed E-state index contributed by atoms with van der Waals surface area (Å²) in [5, 5.41) is 2.08. The summed E-state index contributed by atoms with van der Waals surface area (Å²) in [4.78, 5) is 16.0. The molecule has 0 radical (unpaired) electrons. The number of methoxy groups -OCH3 is 1. The zero-order valence-electron chi connectivity index (χ0n) is 12.1. The molecule has 21 heavy (non-hydrogen) atoms. The lowest BCUT2D eigenvalue weighted by molar-refractivity contribution is -0.131. The highest BCUT2D eigenvalue weighted by Gasteiger charge is 2.30. The van der Waals surface area contributed by atoms with Crippen LogP contribution in [0.1, 0.15) is 29.3 Å². The van der Waals surface area contributed by atoms with Crippen molar-refractivity contribution in [1.29, 1.82) is 0 Å². The molecule has 1 atom stereocenters. The van der Waals surface area contributed by atoms with E-state index in [4.69, 9.17) is 4.74 Å². The van der Waals surface area contributed by atoms with E-state index in [0.29, 0.717) is 6.42 Å². The third kappa shape index (κ3) is 2.95. The van der Waals surface area contributed by atoms with Crippen LogP contribution >= 0.6 is 11.3 Å². The first kappa shape index (κ1) is 14.1. The van der Waals surface area contributed by atoms with Crippen LogP contribution in [0.25, 0.3) is 0 Å². The van der Waals surface area contributed by atoms with Crippen molar-refractivity contribution >= 4 is 17.2 Å². The van der Waals surface area contributed by atoms with E-state index in [2.05, 4.69) is 17.5 Å². The molecular weight excluding hydrogens is 282 g/mol. The average molecular weight is 301 g/mol. The SMILES string of the molecule is COc1ccccc1CC(=O)N1CCCC1c1cccs1. The van der Waals surface area contributed by atoms with Crippen LogP contribution in [0, 0.1) is 0 Å². The number of benzene rings is 1. The molecule has 0 N–H and O–H groups in total. The van der Waals surface area contributed by atoms with Crippen LogP contribution in [-0.2, 0) is 11.2 Å². The Labute approximate surface area is 129 Å². The van der Waals surface area contributed by atoms with E-state index in [0.717, 1.165) is 30.7 Å². The molecule has 2 heterocycles. The van der Waals surface area contributed by atoms with Crippen molar-refractivity contribution in [3.8, 4) is 5.75 Å². The Kier molecular flexibility index (Phi) is 4.25. The molecule has 110 valence electrons. The van der Waals surface area contributed by atoms with Gasteiger partial charge in [-0.1, -0.05) is 24.3 Å². The van der Waals surface area contributed by atoms with Crippen molar-refractivity contribution in [2.45, 2.75) is 25.3 Å². The Bertz CT molecular complexity index is 609. The molecule has 0 bridgehead atoms.